The van der Waals surface area contributed by atoms with Gasteiger partial charge in [0.1, 0.15) is 0 Å². The summed E-state index contributed by atoms with van der Waals surface area (Å²) in [5, 5.41) is 3.55. The molecule has 1 amide bonds. The molecule has 1 fully saturated rings. The fourth-order valence-corrected chi connectivity index (χ4v) is 2.65. The minimum Gasteiger partial charge on any atom is -0.327 e. The maximum atomic E-state index is 12.0. The topological polar surface area (TPSA) is 58.4 Å². The standard InChI is InChI=1S/C15H22ClN3O/c1-10-3-4-12(7-13(10)16)18-15(20)9-19-6-5-14(17)11(2)8-19/h3-4,7,11,14H,5-6,8-9,17H2,1-2H3,(H,18,20). The SMILES string of the molecule is Cc1ccc(NC(=O)CN2CCC(N)C(C)C2)cc1Cl. The highest BCUT2D eigenvalue weighted by Gasteiger charge is 2.24. The summed E-state index contributed by atoms with van der Waals surface area (Å²) in [5.74, 6) is 0.429. The Bertz CT molecular complexity index is 492. The van der Waals surface area contributed by atoms with Gasteiger partial charge in [0, 0.05) is 29.8 Å². The van der Waals surface area contributed by atoms with E-state index in [1.165, 1.54) is 0 Å². The molecule has 2 rings (SSSR count). The summed E-state index contributed by atoms with van der Waals surface area (Å²) in [4.78, 5) is 14.2. The number of anilines is 1. The molecule has 0 aromatic heterocycles. The zero-order valence-corrected chi connectivity index (χ0v) is 12.8. The number of benzene rings is 1. The largest absolute Gasteiger partial charge is 0.327 e. The van der Waals surface area contributed by atoms with Crippen molar-refractivity contribution in [3.05, 3.63) is 28.8 Å². The number of piperidine rings is 1. The van der Waals surface area contributed by atoms with Crippen molar-refractivity contribution < 1.29 is 4.79 Å². The van der Waals surface area contributed by atoms with E-state index in [-0.39, 0.29) is 11.9 Å². The van der Waals surface area contributed by atoms with Gasteiger partial charge in [0.2, 0.25) is 5.91 Å². The van der Waals surface area contributed by atoms with Crippen molar-refractivity contribution in [1.82, 2.24) is 4.90 Å². The number of hydrogen-bond acceptors (Lipinski definition) is 3. The van der Waals surface area contributed by atoms with E-state index in [1.54, 1.807) is 6.07 Å². The number of nitrogens with one attached hydrogen (secondary N) is 1. The van der Waals surface area contributed by atoms with Gasteiger partial charge in [-0.05, 0) is 37.0 Å². The van der Waals surface area contributed by atoms with Gasteiger partial charge >= 0.3 is 0 Å². The fourth-order valence-electron chi connectivity index (χ4n) is 2.47. The molecule has 1 aliphatic rings. The number of rotatable bonds is 3. The second-order valence-electron chi connectivity index (χ2n) is 5.68. The van der Waals surface area contributed by atoms with Crippen molar-refractivity contribution in [2.24, 2.45) is 11.7 Å². The summed E-state index contributed by atoms with van der Waals surface area (Å²) in [6.45, 7) is 6.24. The number of carbonyl (C=O) groups excluding carboxylic acids is 1. The van der Waals surface area contributed by atoms with E-state index in [4.69, 9.17) is 17.3 Å². The number of nitrogens with zero attached hydrogens (tertiary/aromatic N) is 1. The van der Waals surface area contributed by atoms with Crippen LogP contribution in [0.25, 0.3) is 0 Å². The summed E-state index contributed by atoms with van der Waals surface area (Å²) >= 11 is 6.05. The lowest BCUT2D eigenvalue weighted by atomic mass is 9.95. The molecule has 20 heavy (non-hydrogen) atoms. The van der Waals surface area contributed by atoms with Crippen molar-refractivity contribution in [3.8, 4) is 0 Å². The number of nitrogens with two attached hydrogens (primary N) is 1. The average Bonchev–Trinajstić information content (AvgIpc) is 2.38. The van der Waals surface area contributed by atoms with E-state index in [2.05, 4.69) is 17.1 Å². The van der Waals surface area contributed by atoms with Crippen molar-refractivity contribution >= 4 is 23.2 Å². The zero-order chi connectivity index (χ0) is 14.7. The lowest BCUT2D eigenvalue weighted by Crippen LogP contribution is -2.48. The third kappa shape index (κ3) is 3.95. The van der Waals surface area contributed by atoms with Crippen LogP contribution in [0.4, 0.5) is 5.69 Å². The molecule has 1 aromatic carbocycles. The number of carbonyl (C=O) groups is 1. The van der Waals surface area contributed by atoms with Gasteiger partial charge in [-0.1, -0.05) is 24.6 Å². The Kier molecular flexibility index (Phi) is 5.02. The van der Waals surface area contributed by atoms with Crippen LogP contribution in [0.2, 0.25) is 5.02 Å². The van der Waals surface area contributed by atoms with Gasteiger partial charge in [-0.25, -0.2) is 0 Å². The monoisotopic (exact) mass is 295 g/mol. The van der Waals surface area contributed by atoms with Gasteiger partial charge in [-0.15, -0.1) is 0 Å². The Labute approximate surface area is 125 Å². The molecule has 0 aliphatic carbocycles. The van der Waals surface area contributed by atoms with Crippen LogP contribution >= 0.6 is 11.6 Å². The van der Waals surface area contributed by atoms with Crippen molar-refractivity contribution in [2.45, 2.75) is 26.3 Å². The molecular formula is C15H22ClN3O. The molecule has 2 atom stereocenters. The minimum absolute atomic E-state index is 0.00686. The second-order valence-corrected chi connectivity index (χ2v) is 6.08. The van der Waals surface area contributed by atoms with Gasteiger partial charge in [0.25, 0.3) is 0 Å². The minimum atomic E-state index is -0.00686. The number of amides is 1. The molecule has 4 nitrogen and oxygen atoms in total. The highest BCUT2D eigenvalue weighted by atomic mass is 35.5. The van der Waals surface area contributed by atoms with Crippen LogP contribution in [0.1, 0.15) is 18.9 Å². The molecule has 2 unspecified atom stereocenters. The first-order valence-electron chi connectivity index (χ1n) is 6.99. The molecule has 110 valence electrons. The molecule has 3 N–H and O–H groups in total. The number of halogens is 1. The summed E-state index contributed by atoms with van der Waals surface area (Å²) < 4.78 is 0. The third-order valence-corrected chi connectivity index (χ3v) is 4.29. The van der Waals surface area contributed by atoms with E-state index < -0.39 is 0 Å². The highest BCUT2D eigenvalue weighted by molar-refractivity contribution is 6.31. The number of likely N-dealkylation sites (tertiary alicyclic amines) is 1. The van der Waals surface area contributed by atoms with Crippen LogP contribution in [-0.2, 0) is 4.79 Å². The maximum Gasteiger partial charge on any atom is 0.238 e. The van der Waals surface area contributed by atoms with Gasteiger partial charge in [-0.2, -0.15) is 0 Å². The van der Waals surface area contributed by atoms with Crippen molar-refractivity contribution in [3.63, 3.8) is 0 Å². The van der Waals surface area contributed by atoms with Crippen LogP contribution in [0.3, 0.4) is 0 Å². The molecule has 1 heterocycles. The van der Waals surface area contributed by atoms with Crippen LogP contribution in [0.15, 0.2) is 18.2 Å². The van der Waals surface area contributed by atoms with E-state index in [1.807, 2.05) is 19.1 Å². The van der Waals surface area contributed by atoms with Gasteiger partial charge in [0.15, 0.2) is 0 Å². The third-order valence-electron chi connectivity index (χ3n) is 3.88. The molecule has 1 aliphatic heterocycles. The molecule has 0 spiro atoms. The Morgan fingerprint density at radius 2 is 2.30 bits per heavy atom. The molecule has 1 aromatic rings. The van der Waals surface area contributed by atoms with E-state index in [0.717, 1.165) is 30.8 Å². The first-order chi connectivity index (χ1) is 9.45. The zero-order valence-electron chi connectivity index (χ0n) is 12.0. The first kappa shape index (κ1) is 15.3. The lowest BCUT2D eigenvalue weighted by molar-refractivity contribution is -0.117. The van der Waals surface area contributed by atoms with Crippen molar-refractivity contribution in [1.29, 1.82) is 0 Å². The van der Waals surface area contributed by atoms with Crippen LogP contribution in [0, 0.1) is 12.8 Å². The molecular weight excluding hydrogens is 274 g/mol. The second kappa shape index (κ2) is 6.57. The molecule has 0 radical (unpaired) electrons. The summed E-state index contributed by atoms with van der Waals surface area (Å²) in [6.07, 6.45) is 0.949. The molecule has 1 saturated heterocycles. The Morgan fingerprint density at radius 3 is 2.95 bits per heavy atom. The predicted octanol–water partition coefficient (Wildman–Crippen LogP) is 2.26. The van der Waals surface area contributed by atoms with Crippen LogP contribution < -0.4 is 11.1 Å². The van der Waals surface area contributed by atoms with Gasteiger partial charge in [-0.3, -0.25) is 9.69 Å². The van der Waals surface area contributed by atoms with E-state index >= 15 is 0 Å². The molecule has 5 heteroatoms. The molecule has 0 bridgehead atoms. The van der Waals surface area contributed by atoms with Crippen LogP contribution in [0.5, 0.6) is 0 Å². The quantitative estimate of drug-likeness (QED) is 0.899. The number of hydrogen-bond donors (Lipinski definition) is 2. The summed E-state index contributed by atoms with van der Waals surface area (Å²) in [6, 6.07) is 5.81. The Hall–Kier alpha value is -1.10. The van der Waals surface area contributed by atoms with Crippen LogP contribution in [-0.4, -0.2) is 36.5 Å². The summed E-state index contributed by atoms with van der Waals surface area (Å²) in [7, 11) is 0. The highest BCUT2D eigenvalue weighted by Crippen LogP contribution is 2.20. The normalized spacial score (nSPS) is 23.6. The smallest absolute Gasteiger partial charge is 0.238 e. The van der Waals surface area contributed by atoms with E-state index in [9.17, 15) is 4.79 Å². The lowest BCUT2D eigenvalue weighted by Gasteiger charge is -2.34. The van der Waals surface area contributed by atoms with Gasteiger partial charge < -0.3 is 11.1 Å². The predicted molar refractivity (Wildman–Crippen MR) is 83.0 cm³/mol. The summed E-state index contributed by atoms with van der Waals surface area (Å²) in [5.41, 5.74) is 7.73. The Morgan fingerprint density at radius 1 is 1.55 bits per heavy atom. The average molecular weight is 296 g/mol. The van der Waals surface area contributed by atoms with Crippen molar-refractivity contribution in [2.75, 3.05) is 25.0 Å². The van der Waals surface area contributed by atoms with Gasteiger partial charge in [0.05, 0.1) is 6.54 Å². The fraction of sp³-hybridized carbons (Fsp3) is 0.533. The Balaban J connectivity index is 1.87. The molecule has 0 saturated carbocycles. The van der Waals surface area contributed by atoms with E-state index in [0.29, 0.717) is 17.5 Å². The number of aryl methyl sites for hydroxylation is 1. The maximum absolute atomic E-state index is 12.0. The first-order valence-corrected chi connectivity index (χ1v) is 7.37.